The van der Waals surface area contributed by atoms with Gasteiger partial charge in [-0.3, -0.25) is 0 Å². The summed E-state index contributed by atoms with van der Waals surface area (Å²) in [5.41, 5.74) is 7.93. The number of aliphatic hydroxyl groups is 1. The number of halogens is 1. The van der Waals surface area contributed by atoms with Crippen LogP contribution < -0.4 is 10.5 Å². The molecule has 0 fully saturated rings. The lowest BCUT2D eigenvalue weighted by Crippen LogP contribution is -2.04. The minimum Gasteiger partial charge on any atom is -0.485 e. The Labute approximate surface area is 111 Å². The number of ether oxygens (including phenoxy) is 1. The van der Waals surface area contributed by atoms with Crippen molar-refractivity contribution in [2.24, 2.45) is 5.73 Å². The van der Waals surface area contributed by atoms with Gasteiger partial charge in [-0.15, -0.1) is 0 Å². The maximum atomic E-state index is 13.6. The van der Waals surface area contributed by atoms with Gasteiger partial charge in [-0.1, -0.05) is 36.4 Å². The number of rotatable bonds is 5. The molecule has 0 aromatic heterocycles. The summed E-state index contributed by atoms with van der Waals surface area (Å²) in [6.45, 7) is 0.502. The number of aliphatic hydroxyl groups excluding tert-OH is 1. The molecular weight excluding hydrogens is 245 g/mol. The molecule has 0 aliphatic rings. The van der Waals surface area contributed by atoms with Crippen LogP contribution in [0.25, 0.3) is 0 Å². The second-order valence-electron chi connectivity index (χ2n) is 4.20. The van der Waals surface area contributed by atoms with E-state index in [1.54, 1.807) is 12.1 Å². The fraction of sp³-hybridized carbons (Fsp3) is 0.200. The van der Waals surface area contributed by atoms with E-state index in [1.165, 1.54) is 6.07 Å². The summed E-state index contributed by atoms with van der Waals surface area (Å²) in [6, 6.07) is 12.0. The maximum absolute atomic E-state index is 13.6. The zero-order chi connectivity index (χ0) is 13.7. The van der Waals surface area contributed by atoms with Crippen molar-refractivity contribution < 1.29 is 14.2 Å². The van der Waals surface area contributed by atoms with E-state index in [0.29, 0.717) is 5.56 Å². The molecule has 100 valence electrons. The molecule has 4 heteroatoms. The van der Waals surface area contributed by atoms with Gasteiger partial charge in [0.25, 0.3) is 0 Å². The summed E-state index contributed by atoms with van der Waals surface area (Å²) in [6.07, 6.45) is 0. The molecule has 2 rings (SSSR count). The highest BCUT2D eigenvalue weighted by Gasteiger charge is 2.08. The van der Waals surface area contributed by atoms with E-state index < -0.39 is 5.82 Å². The molecule has 0 unspecified atom stereocenters. The van der Waals surface area contributed by atoms with Gasteiger partial charge in [-0.05, 0) is 17.2 Å². The number of para-hydroxylation sites is 1. The van der Waals surface area contributed by atoms with Crippen LogP contribution in [0.1, 0.15) is 16.7 Å². The first kappa shape index (κ1) is 13.5. The molecule has 0 heterocycles. The summed E-state index contributed by atoms with van der Waals surface area (Å²) < 4.78 is 19.1. The maximum Gasteiger partial charge on any atom is 0.165 e. The molecule has 0 aliphatic heterocycles. The molecule has 0 atom stereocenters. The first-order chi connectivity index (χ1) is 9.24. The molecule has 2 aromatic rings. The molecular formula is C15H16FNO2. The van der Waals surface area contributed by atoms with Crippen molar-refractivity contribution in [3.05, 3.63) is 65.0 Å². The van der Waals surface area contributed by atoms with Crippen LogP contribution in [0.2, 0.25) is 0 Å². The lowest BCUT2D eigenvalue weighted by molar-refractivity contribution is 0.280. The number of hydrogen-bond donors (Lipinski definition) is 2. The van der Waals surface area contributed by atoms with Crippen LogP contribution in [0.4, 0.5) is 4.39 Å². The molecule has 0 saturated heterocycles. The summed E-state index contributed by atoms with van der Waals surface area (Å²) in [5, 5.41) is 8.95. The lowest BCUT2D eigenvalue weighted by atomic mass is 10.1. The number of nitrogens with two attached hydrogens (primary N) is 1. The van der Waals surface area contributed by atoms with Crippen molar-refractivity contribution in [3.8, 4) is 5.75 Å². The molecule has 0 spiro atoms. The van der Waals surface area contributed by atoms with Crippen LogP contribution >= 0.6 is 0 Å². The monoisotopic (exact) mass is 261 g/mol. The molecule has 19 heavy (non-hydrogen) atoms. The van der Waals surface area contributed by atoms with Crippen LogP contribution in [0.15, 0.2) is 42.5 Å². The molecule has 0 radical (unpaired) electrons. The van der Waals surface area contributed by atoms with E-state index in [2.05, 4.69) is 0 Å². The second kappa shape index (κ2) is 6.31. The van der Waals surface area contributed by atoms with Crippen molar-refractivity contribution >= 4 is 0 Å². The average molecular weight is 261 g/mol. The smallest absolute Gasteiger partial charge is 0.165 e. The standard InChI is InChI=1S/C15H16FNO2/c16-14-3-1-2-13(8-17)15(14)19-10-12-6-4-11(9-18)5-7-12/h1-7,18H,8-10,17H2. The predicted molar refractivity (Wildman–Crippen MR) is 71.0 cm³/mol. The molecule has 3 nitrogen and oxygen atoms in total. The Morgan fingerprint density at radius 1 is 1.05 bits per heavy atom. The van der Waals surface area contributed by atoms with Crippen LogP contribution in [-0.2, 0) is 19.8 Å². The van der Waals surface area contributed by atoms with Crippen LogP contribution in [0, 0.1) is 5.82 Å². The third-order valence-corrected chi connectivity index (χ3v) is 2.86. The molecule has 3 N–H and O–H groups in total. The summed E-state index contributed by atoms with van der Waals surface area (Å²) in [5.74, 6) is -0.203. The van der Waals surface area contributed by atoms with E-state index in [0.717, 1.165) is 11.1 Å². The summed E-state index contributed by atoms with van der Waals surface area (Å²) in [4.78, 5) is 0. The fourth-order valence-corrected chi connectivity index (χ4v) is 1.77. The number of benzene rings is 2. The van der Waals surface area contributed by atoms with Crippen LogP contribution in [0.5, 0.6) is 5.75 Å². The molecule has 0 saturated carbocycles. The highest BCUT2D eigenvalue weighted by Crippen LogP contribution is 2.23. The van der Waals surface area contributed by atoms with Gasteiger partial charge in [0.15, 0.2) is 11.6 Å². The van der Waals surface area contributed by atoms with Gasteiger partial charge in [-0.25, -0.2) is 4.39 Å². The zero-order valence-corrected chi connectivity index (χ0v) is 10.5. The van der Waals surface area contributed by atoms with Crippen molar-refractivity contribution in [3.63, 3.8) is 0 Å². The minimum atomic E-state index is -0.407. The average Bonchev–Trinajstić information content (AvgIpc) is 2.46. The van der Waals surface area contributed by atoms with E-state index in [4.69, 9.17) is 15.6 Å². The van der Waals surface area contributed by atoms with Gasteiger partial charge in [0.2, 0.25) is 0 Å². The summed E-state index contributed by atoms with van der Waals surface area (Å²) in [7, 11) is 0. The Morgan fingerprint density at radius 3 is 2.37 bits per heavy atom. The highest BCUT2D eigenvalue weighted by atomic mass is 19.1. The van der Waals surface area contributed by atoms with Crippen LogP contribution in [-0.4, -0.2) is 5.11 Å². The van der Waals surface area contributed by atoms with Crippen molar-refractivity contribution in [2.75, 3.05) is 0 Å². The third-order valence-electron chi connectivity index (χ3n) is 2.86. The van der Waals surface area contributed by atoms with E-state index >= 15 is 0 Å². The Morgan fingerprint density at radius 2 is 1.74 bits per heavy atom. The first-order valence-electron chi connectivity index (χ1n) is 6.03. The first-order valence-corrected chi connectivity index (χ1v) is 6.03. The van der Waals surface area contributed by atoms with E-state index in [9.17, 15) is 4.39 Å². The van der Waals surface area contributed by atoms with Gasteiger partial charge in [0.05, 0.1) is 6.61 Å². The van der Waals surface area contributed by atoms with Gasteiger partial charge >= 0.3 is 0 Å². The van der Waals surface area contributed by atoms with Gasteiger partial charge in [0, 0.05) is 12.1 Å². The van der Waals surface area contributed by atoms with Crippen molar-refractivity contribution in [2.45, 2.75) is 19.8 Å². The van der Waals surface area contributed by atoms with Gasteiger partial charge in [-0.2, -0.15) is 0 Å². The normalized spacial score (nSPS) is 10.5. The predicted octanol–water partition coefficient (Wildman–Crippen LogP) is 2.36. The Hall–Kier alpha value is -1.91. The molecule has 0 aliphatic carbocycles. The zero-order valence-electron chi connectivity index (χ0n) is 10.5. The molecule has 0 bridgehead atoms. The second-order valence-corrected chi connectivity index (χ2v) is 4.20. The van der Waals surface area contributed by atoms with E-state index in [-0.39, 0.29) is 25.5 Å². The van der Waals surface area contributed by atoms with Gasteiger partial charge in [0.1, 0.15) is 6.61 Å². The quantitative estimate of drug-likeness (QED) is 0.868. The third kappa shape index (κ3) is 3.30. The molecule has 0 amide bonds. The Kier molecular flexibility index (Phi) is 4.49. The topological polar surface area (TPSA) is 55.5 Å². The van der Waals surface area contributed by atoms with Crippen molar-refractivity contribution in [1.82, 2.24) is 0 Å². The Balaban J connectivity index is 2.09. The Bertz CT molecular complexity index is 540. The largest absolute Gasteiger partial charge is 0.485 e. The lowest BCUT2D eigenvalue weighted by Gasteiger charge is -2.11. The highest BCUT2D eigenvalue weighted by molar-refractivity contribution is 5.35. The number of hydrogen-bond acceptors (Lipinski definition) is 3. The van der Waals surface area contributed by atoms with E-state index in [1.807, 2.05) is 24.3 Å². The minimum absolute atomic E-state index is 0.00573. The van der Waals surface area contributed by atoms with Crippen molar-refractivity contribution in [1.29, 1.82) is 0 Å². The summed E-state index contributed by atoms with van der Waals surface area (Å²) >= 11 is 0. The fourth-order valence-electron chi connectivity index (χ4n) is 1.77. The SMILES string of the molecule is NCc1cccc(F)c1OCc1ccc(CO)cc1. The molecule has 2 aromatic carbocycles. The van der Waals surface area contributed by atoms with Crippen LogP contribution in [0.3, 0.4) is 0 Å². The van der Waals surface area contributed by atoms with Gasteiger partial charge < -0.3 is 15.6 Å².